The molecule has 6 nitrogen and oxygen atoms in total. The average molecular weight is 309 g/mol. The first kappa shape index (κ1) is 14.2. The third-order valence-corrected chi connectivity index (χ3v) is 4.91. The van der Waals surface area contributed by atoms with Gasteiger partial charge in [-0.2, -0.15) is 0 Å². The Morgan fingerprint density at radius 2 is 2.10 bits per heavy atom. The molecule has 1 heterocycles. The first-order chi connectivity index (χ1) is 9.93. The van der Waals surface area contributed by atoms with Crippen LogP contribution in [-0.4, -0.2) is 33.3 Å². The first-order valence-electron chi connectivity index (χ1n) is 7.11. The third kappa shape index (κ3) is 3.29. The number of nitrogens with one attached hydrogen (secondary N) is 2. The minimum Gasteiger partial charge on any atom is -0.335 e. The second-order valence-corrected chi connectivity index (χ2v) is 7.56. The number of sulfonamides is 1. The number of hydrogen-bond acceptors (Lipinski definition) is 3. The summed E-state index contributed by atoms with van der Waals surface area (Å²) in [4.78, 5) is 11.8. The van der Waals surface area contributed by atoms with Crippen LogP contribution in [0.4, 0.5) is 16.2 Å². The lowest BCUT2D eigenvalue weighted by molar-refractivity contribution is 0.251. The largest absolute Gasteiger partial charge is 0.335 e. The fourth-order valence-electron chi connectivity index (χ4n) is 2.54. The molecule has 0 aromatic heterocycles. The second-order valence-electron chi connectivity index (χ2n) is 5.65. The Kier molecular flexibility index (Phi) is 3.52. The number of hydrogen-bond donors (Lipinski definition) is 2. The van der Waals surface area contributed by atoms with Gasteiger partial charge in [0.05, 0.1) is 11.9 Å². The van der Waals surface area contributed by atoms with E-state index in [9.17, 15) is 13.2 Å². The van der Waals surface area contributed by atoms with Crippen molar-refractivity contribution in [2.45, 2.75) is 31.7 Å². The predicted octanol–water partition coefficient (Wildman–Crippen LogP) is 1.68. The van der Waals surface area contributed by atoms with Crippen molar-refractivity contribution in [3.8, 4) is 0 Å². The number of nitrogens with zero attached hydrogens (tertiary/aromatic N) is 1. The Morgan fingerprint density at radius 3 is 2.76 bits per heavy atom. The lowest BCUT2D eigenvalue weighted by atomic mass is 10.0. The SMILES string of the molecule is CS(=O)(=O)N1CCCc2ccc(NC(=O)NC3CC3)cc21. The van der Waals surface area contributed by atoms with Gasteiger partial charge in [0.25, 0.3) is 0 Å². The predicted molar refractivity (Wildman–Crippen MR) is 82.1 cm³/mol. The minimum absolute atomic E-state index is 0.237. The van der Waals surface area contributed by atoms with Crippen molar-refractivity contribution < 1.29 is 13.2 Å². The van der Waals surface area contributed by atoms with Crippen molar-refractivity contribution in [1.29, 1.82) is 0 Å². The highest BCUT2D eigenvalue weighted by Gasteiger charge is 2.25. The molecule has 2 N–H and O–H groups in total. The van der Waals surface area contributed by atoms with E-state index in [4.69, 9.17) is 0 Å². The van der Waals surface area contributed by atoms with Crippen molar-refractivity contribution >= 4 is 27.4 Å². The Labute approximate surface area is 124 Å². The molecule has 0 unspecified atom stereocenters. The number of rotatable bonds is 3. The maximum atomic E-state index is 11.9. The van der Waals surface area contributed by atoms with Gasteiger partial charge >= 0.3 is 6.03 Å². The first-order valence-corrected chi connectivity index (χ1v) is 8.96. The zero-order chi connectivity index (χ0) is 15.0. The highest BCUT2D eigenvalue weighted by molar-refractivity contribution is 7.92. The number of urea groups is 1. The molecule has 1 aliphatic heterocycles. The van der Waals surface area contributed by atoms with E-state index in [2.05, 4.69) is 10.6 Å². The van der Waals surface area contributed by atoms with E-state index >= 15 is 0 Å². The summed E-state index contributed by atoms with van der Waals surface area (Å²) in [5.41, 5.74) is 2.29. The number of anilines is 2. The normalized spacial score (nSPS) is 18.0. The van der Waals surface area contributed by atoms with Crippen LogP contribution >= 0.6 is 0 Å². The van der Waals surface area contributed by atoms with Crippen LogP contribution in [0.15, 0.2) is 18.2 Å². The van der Waals surface area contributed by atoms with Crippen LogP contribution in [0.25, 0.3) is 0 Å². The van der Waals surface area contributed by atoms with Crippen molar-refractivity contribution in [2.75, 3.05) is 22.4 Å². The standard InChI is InChI=1S/C14H19N3O3S/c1-21(19,20)17-8-2-3-10-4-5-12(9-13(10)17)16-14(18)15-11-6-7-11/h4-5,9,11H,2-3,6-8H2,1H3,(H2,15,16,18). The lowest BCUT2D eigenvalue weighted by Crippen LogP contribution is -2.35. The summed E-state index contributed by atoms with van der Waals surface area (Å²) in [6.45, 7) is 0.490. The van der Waals surface area contributed by atoms with Gasteiger partial charge in [0.1, 0.15) is 0 Å². The van der Waals surface area contributed by atoms with Crippen LogP contribution in [0.1, 0.15) is 24.8 Å². The average Bonchev–Trinajstić information content (AvgIpc) is 3.20. The monoisotopic (exact) mass is 309 g/mol. The van der Waals surface area contributed by atoms with Crippen LogP contribution in [0, 0.1) is 0 Å². The molecule has 3 rings (SSSR count). The van der Waals surface area contributed by atoms with Gasteiger partial charge in [0.15, 0.2) is 0 Å². The Hall–Kier alpha value is -1.76. The van der Waals surface area contributed by atoms with E-state index in [-0.39, 0.29) is 12.1 Å². The molecule has 0 atom stereocenters. The quantitative estimate of drug-likeness (QED) is 0.891. The van der Waals surface area contributed by atoms with Crippen LogP contribution in [-0.2, 0) is 16.4 Å². The molecule has 1 fully saturated rings. The molecule has 2 aliphatic rings. The Balaban J connectivity index is 1.82. The molecule has 7 heteroatoms. The summed E-state index contributed by atoms with van der Waals surface area (Å²) >= 11 is 0. The summed E-state index contributed by atoms with van der Waals surface area (Å²) in [6.07, 6.45) is 4.94. The van der Waals surface area contributed by atoms with Crippen LogP contribution < -0.4 is 14.9 Å². The highest BCUT2D eigenvalue weighted by atomic mass is 32.2. The maximum absolute atomic E-state index is 11.9. The fourth-order valence-corrected chi connectivity index (χ4v) is 3.53. The Bertz CT molecular complexity index is 668. The van der Waals surface area contributed by atoms with Gasteiger partial charge in [-0.05, 0) is 43.4 Å². The molecular formula is C14H19N3O3S. The van der Waals surface area contributed by atoms with Crippen molar-refractivity contribution in [1.82, 2.24) is 5.32 Å². The zero-order valence-corrected chi connectivity index (χ0v) is 12.7. The molecule has 1 aliphatic carbocycles. The van der Waals surface area contributed by atoms with Crippen LogP contribution in [0.2, 0.25) is 0 Å². The Morgan fingerprint density at radius 1 is 1.33 bits per heavy atom. The van der Waals surface area contributed by atoms with Crippen molar-refractivity contribution in [3.63, 3.8) is 0 Å². The molecule has 1 aromatic rings. The zero-order valence-electron chi connectivity index (χ0n) is 11.9. The van der Waals surface area contributed by atoms with Crippen molar-refractivity contribution in [3.05, 3.63) is 23.8 Å². The summed E-state index contributed by atoms with van der Waals surface area (Å²) < 4.78 is 25.1. The number of carbonyl (C=O) groups is 1. The number of fused-ring (bicyclic) bond motifs is 1. The van der Waals surface area contributed by atoms with Gasteiger partial charge < -0.3 is 10.6 Å². The lowest BCUT2D eigenvalue weighted by Gasteiger charge is -2.29. The number of amides is 2. The summed E-state index contributed by atoms with van der Waals surface area (Å²) in [7, 11) is -3.29. The third-order valence-electron chi connectivity index (χ3n) is 3.73. The molecular weight excluding hydrogens is 290 g/mol. The number of benzene rings is 1. The molecule has 114 valence electrons. The van der Waals surface area contributed by atoms with Gasteiger partial charge in [0, 0.05) is 18.3 Å². The van der Waals surface area contributed by atoms with Gasteiger partial charge in [-0.15, -0.1) is 0 Å². The fraction of sp³-hybridized carbons (Fsp3) is 0.500. The molecule has 2 amide bonds. The molecule has 1 saturated carbocycles. The van der Waals surface area contributed by atoms with E-state index in [1.807, 2.05) is 12.1 Å². The van der Waals surface area contributed by atoms with E-state index < -0.39 is 10.0 Å². The van der Waals surface area contributed by atoms with Crippen LogP contribution in [0.5, 0.6) is 0 Å². The summed E-state index contributed by atoms with van der Waals surface area (Å²) in [6, 6.07) is 5.49. The number of aryl methyl sites for hydroxylation is 1. The molecule has 0 saturated heterocycles. The number of carbonyl (C=O) groups excluding carboxylic acids is 1. The van der Waals surface area contributed by atoms with E-state index in [0.29, 0.717) is 17.9 Å². The molecule has 1 aromatic carbocycles. The second kappa shape index (κ2) is 5.22. The van der Waals surface area contributed by atoms with Crippen LogP contribution in [0.3, 0.4) is 0 Å². The highest BCUT2D eigenvalue weighted by Crippen LogP contribution is 2.31. The molecule has 0 spiro atoms. The van der Waals surface area contributed by atoms with Gasteiger partial charge in [-0.1, -0.05) is 6.07 Å². The smallest absolute Gasteiger partial charge is 0.319 e. The summed E-state index contributed by atoms with van der Waals surface area (Å²) in [5, 5.41) is 5.61. The topological polar surface area (TPSA) is 78.5 Å². The van der Waals surface area contributed by atoms with E-state index in [1.165, 1.54) is 10.6 Å². The molecule has 0 radical (unpaired) electrons. The van der Waals surface area contributed by atoms with Gasteiger partial charge in [-0.3, -0.25) is 4.31 Å². The minimum atomic E-state index is -3.29. The van der Waals surface area contributed by atoms with E-state index in [0.717, 1.165) is 31.2 Å². The molecule has 0 bridgehead atoms. The summed E-state index contributed by atoms with van der Waals surface area (Å²) in [5.74, 6) is 0. The molecule has 21 heavy (non-hydrogen) atoms. The van der Waals surface area contributed by atoms with Gasteiger partial charge in [0.2, 0.25) is 10.0 Å². The maximum Gasteiger partial charge on any atom is 0.319 e. The van der Waals surface area contributed by atoms with Crippen molar-refractivity contribution in [2.24, 2.45) is 0 Å². The van der Waals surface area contributed by atoms with Gasteiger partial charge in [-0.25, -0.2) is 13.2 Å². The van der Waals surface area contributed by atoms with E-state index in [1.54, 1.807) is 6.07 Å².